The van der Waals surface area contributed by atoms with Gasteiger partial charge >= 0.3 is 0 Å². The first-order valence-electron chi connectivity index (χ1n) is 4.51. The van der Waals surface area contributed by atoms with Gasteiger partial charge in [-0.2, -0.15) is 0 Å². The Hall–Kier alpha value is -1.50. The molecule has 0 aromatic rings. The molecule has 0 amide bonds. The van der Waals surface area contributed by atoms with E-state index in [1.54, 1.807) is 6.08 Å². The van der Waals surface area contributed by atoms with Gasteiger partial charge < -0.3 is 4.74 Å². The van der Waals surface area contributed by atoms with Crippen LogP contribution in [0.3, 0.4) is 0 Å². The summed E-state index contributed by atoms with van der Waals surface area (Å²) < 4.78 is 5.34. The van der Waals surface area contributed by atoms with Gasteiger partial charge in [-0.25, -0.2) is 0 Å². The van der Waals surface area contributed by atoms with Crippen molar-refractivity contribution in [2.45, 2.75) is 13.3 Å². The van der Waals surface area contributed by atoms with Crippen LogP contribution < -0.4 is 0 Å². The van der Waals surface area contributed by atoms with E-state index in [9.17, 15) is 0 Å². The van der Waals surface area contributed by atoms with Crippen LogP contribution in [0, 0.1) is 0 Å². The summed E-state index contributed by atoms with van der Waals surface area (Å²) in [5, 5.41) is 0. The van der Waals surface area contributed by atoms with Gasteiger partial charge in [-0.05, 0) is 18.9 Å². The molecule has 0 spiro atoms. The fourth-order valence-corrected chi connectivity index (χ4v) is 0.958. The lowest BCUT2D eigenvalue weighted by Gasteiger charge is -2.09. The van der Waals surface area contributed by atoms with E-state index >= 15 is 0 Å². The summed E-state index contributed by atoms with van der Waals surface area (Å²) >= 11 is 0. The molecular weight excluding hydrogens is 172 g/mol. The van der Waals surface area contributed by atoms with Crippen molar-refractivity contribution in [2.24, 2.45) is 0 Å². The Balaban J connectivity index is 4.47. The lowest BCUT2D eigenvalue weighted by atomic mass is 10.1. The highest BCUT2D eigenvalue weighted by molar-refractivity contribution is 5.32. The van der Waals surface area contributed by atoms with E-state index in [0.29, 0.717) is 12.4 Å². The number of hydrogen-bond donors (Lipinski definition) is 0. The van der Waals surface area contributed by atoms with E-state index in [-0.39, 0.29) is 0 Å². The molecule has 0 atom stereocenters. The van der Waals surface area contributed by atoms with Gasteiger partial charge in [0.05, 0.1) is 0 Å². The van der Waals surface area contributed by atoms with Crippen molar-refractivity contribution in [1.29, 1.82) is 0 Å². The van der Waals surface area contributed by atoms with E-state index in [0.717, 1.165) is 17.6 Å². The summed E-state index contributed by atoms with van der Waals surface area (Å²) in [5.74, 6) is 0.660. The van der Waals surface area contributed by atoms with Gasteiger partial charge in [-0.1, -0.05) is 43.5 Å². The molecule has 0 N–H and O–H groups in total. The normalized spacial score (nSPS) is 10.5. The van der Waals surface area contributed by atoms with Crippen LogP contribution in [0.5, 0.6) is 0 Å². The van der Waals surface area contributed by atoms with Crippen molar-refractivity contribution in [3.63, 3.8) is 0 Å². The number of allylic oxidation sites excluding steroid dienone is 4. The van der Waals surface area contributed by atoms with Gasteiger partial charge in [0.1, 0.15) is 12.4 Å². The molecule has 0 bridgehead atoms. The topological polar surface area (TPSA) is 9.23 Å². The molecule has 76 valence electrons. The smallest absolute Gasteiger partial charge is 0.116 e. The summed E-state index contributed by atoms with van der Waals surface area (Å²) in [6, 6.07) is 0. The summed E-state index contributed by atoms with van der Waals surface area (Å²) in [6.07, 6.45) is 6.20. The van der Waals surface area contributed by atoms with Crippen LogP contribution in [0.25, 0.3) is 0 Å². The maximum atomic E-state index is 5.34. The van der Waals surface area contributed by atoms with Gasteiger partial charge in [0.2, 0.25) is 0 Å². The minimum Gasteiger partial charge on any atom is -0.490 e. The molecule has 0 radical (unpaired) electrons. The molecule has 0 aromatic heterocycles. The maximum absolute atomic E-state index is 5.34. The average Bonchev–Trinajstić information content (AvgIpc) is 2.13. The molecular formula is C13H18O. The number of ether oxygens (including phenoxy) is 1. The third kappa shape index (κ3) is 5.20. The van der Waals surface area contributed by atoms with Gasteiger partial charge in [0.15, 0.2) is 0 Å². The fraction of sp³-hybridized carbons (Fsp3) is 0.231. The Morgan fingerprint density at radius 1 is 1.21 bits per heavy atom. The molecule has 0 aliphatic carbocycles. The largest absolute Gasteiger partial charge is 0.490 e. The van der Waals surface area contributed by atoms with Gasteiger partial charge in [0.25, 0.3) is 0 Å². The molecule has 0 saturated carbocycles. The zero-order valence-corrected chi connectivity index (χ0v) is 8.88. The Morgan fingerprint density at radius 2 is 1.86 bits per heavy atom. The van der Waals surface area contributed by atoms with E-state index < -0.39 is 0 Å². The summed E-state index contributed by atoms with van der Waals surface area (Å²) in [5.41, 5.74) is 1.99. The molecule has 0 fully saturated rings. The molecule has 1 nitrogen and oxygen atoms in total. The van der Waals surface area contributed by atoms with Gasteiger partial charge in [-0.15, -0.1) is 6.58 Å². The third-order valence-electron chi connectivity index (χ3n) is 1.52. The van der Waals surface area contributed by atoms with Crippen molar-refractivity contribution in [3.05, 3.63) is 61.4 Å². The van der Waals surface area contributed by atoms with Crippen LogP contribution in [0.4, 0.5) is 0 Å². The highest BCUT2D eigenvalue weighted by Crippen LogP contribution is 2.16. The minimum absolute atomic E-state index is 0.476. The predicted octanol–water partition coefficient (Wildman–Crippen LogP) is 3.78. The van der Waals surface area contributed by atoms with Crippen LogP contribution in [-0.4, -0.2) is 6.61 Å². The van der Waals surface area contributed by atoms with Crippen LogP contribution in [0.15, 0.2) is 61.4 Å². The lowest BCUT2D eigenvalue weighted by molar-refractivity contribution is 0.257. The van der Waals surface area contributed by atoms with Crippen molar-refractivity contribution in [2.75, 3.05) is 6.61 Å². The van der Waals surface area contributed by atoms with E-state index in [4.69, 9.17) is 4.74 Å². The highest BCUT2D eigenvalue weighted by atomic mass is 16.5. The van der Waals surface area contributed by atoms with Crippen molar-refractivity contribution < 1.29 is 4.74 Å². The van der Waals surface area contributed by atoms with Gasteiger partial charge in [0, 0.05) is 0 Å². The number of hydrogen-bond acceptors (Lipinski definition) is 1. The van der Waals surface area contributed by atoms with Crippen LogP contribution >= 0.6 is 0 Å². The molecule has 0 aliphatic heterocycles. The number of rotatable bonds is 7. The summed E-state index contributed by atoms with van der Waals surface area (Å²) in [6.45, 7) is 17.3. The maximum Gasteiger partial charge on any atom is 0.116 e. The zero-order valence-electron chi connectivity index (χ0n) is 8.88. The quantitative estimate of drug-likeness (QED) is 0.337. The molecule has 0 aliphatic rings. The van der Waals surface area contributed by atoms with Crippen molar-refractivity contribution >= 4 is 0 Å². The highest BCUT2D eigenvalue weighted by Gasteiger charge is 2.01. The predicted molar refractivity (Wildman–Crippen MR) is 63.0 cm³/mol. The Labute approximate surface area is 86.8 Å². The molecule has 0 rings (SSSR count). The minimum atomic E-state index is 0.476. The van der Waals surface area contributed by atoms with Crippen LogP contribution in [0.2, 0.25) is 0 Å². The Morgan fingerprint density at radius 3 is 2.29 bits per heavy atom. The van der Waals surface area contributed by atoms with Crippen LogP contribution in [-0.2, 0) is 4.74 Å². The van der Waals surface area contributed by atoms with E-state index in [1.807, 2.05) is 19.1 Å². The van der Waals surface area contributed by atoms with Crippen LogP contribution in [0.1, 0.15) is 13.3 Å². The van der Waals surface area contributed by atoms with E-state index in [2.05, 4.69) is 26.3 Å². The monoisotopic (exact) mass is 190 g/mol. The molecule has 14 heavy (non-hydrogen) atoms. The fourth-order valence-electron chi connectivity index (χ4n) is 0.958. The van der Waals surface area contributed by atoms with Gasteiger partial charge in [-0.3, -0.25) is 0 Å². The van der Waals surface area contributed by atoms with Crippen molar-refractivity contribution in [3.8, 4) is 0 Å². The molecule has 0 saturated heterocycles. The first kappa shape index (κ1) is 12.5. The summed E-state index contributed by atoms with van der Waals surface area (Å²) in [7, 11) is 0. The second kappa shape index (κ2) is 6.96. The average molecular weight is 190 g/mol. The lowest BCUT2D eigenvalue weighted by Crippen LogP contribution is -1.95. The summed E-state index contributed by atoms with van der Waals surface area (Å²) in [4.78, 5) is 0. The molecule has 0 heterocycles. The second-order valence-corrected chi connectivity index (χ2v) is 3.03. The van der Waals surface area contributed by atoms with E-state index in [1.165, 1.54) is 0 Å². The standard InChI is InChI=1S/C13H18O/c1-6-8-13(10-11(3)4)12(5)14-9-7-2/h6-7,10H,1-3,5,8-9H2,4H3/b13-10-. The molecule has 0 aromatic carbocycles. The zero-order chi connectivity index (χ0) is 11.0. The molecule has 1 heteroatoms. The van der Waals surface area contributed by atoms with Crippen molar-refractivity contribution in [1.82, 2.24) is 0 Å². The second-order valence-electron chi connectivity index (χ2n) is 3.03. The first-order valence-corrected chi connectivity index (χ1v) is 4.51. The first-order chi connectivity index (χ1) is 6.61. The SMILES string of the molecule is C=CCOC(=C)/C(=C\C(=C)C)CC=C. The third-order valence-corrected chi connectivity index (χ3v) is 1.52. The molecule has 0 unspecified atom stereocenters. The Bertz CT molecular complexity index is 269. The Kier molecular flexibility index (Phi) is 6.21.